The van der Waals surface area contributed by atoms with Gasteiger partial charge < -0.3 is 31.1 Å². The molecule has 0 radical (unpaired) electrons. The highest BCUT2D eigenvalue weighted by Gasteiger charge is 2.50. The fraction of sp³-hybridized carbons (Fsp3) is 0.469. The van der Waals surface area contributed by atoms with E-state index in [1.807, 2.05) is 37.3 Å². The van der Waals surface area contributed by atoms with Gasteiger partial charge in [-0.05, 0) is 54.7 Å². The number of nitrogens with zero attached hydrogens (tertiary/aromatic N) is 3. The van der Waals surface area contributed by atoms with Gasteiger partial charge in [-0.3, -0.25) is 0 Å². The molecule has 3 aromatic rings. The van der Waals surface area contributed by atoms with Gasteiger partial charge >= 0.3 is 12.1 Å². The number of alkyl carbamates (subject to hydrolysis) is 1. The average Bonchev–Trinajstić information content (AvgIpc) is 3.00. The number of carboxylic acids is 1. The summed E-state index contributed by atoms with van der Waals surface area (Å²) in [4.78, 5) is 39.2. The third-order valence-electron chi connectivity index (χ3n) is 7.85. The van der Waals surface area contributed by atoms with E-state index in [-0.39, 0.29) is 13.2 Å². The Hall–Kier alpha value is -4.41. The summed E-state index contributed by atoms with van der Waals surface area (Å²) in [6.45, 7) is 8.85. The van der Waals surface area contributed by atoms with E-state index >= 15 is 0 Å². The van der Waals surface area contributed by atoms with E-state index in [1.54, 1.807) is 20.8 Å². The average molecular weight is 590 g/mol. The van der Waals surface area contributed by atoms with Crippen molar-refractivity contribution in [2.75, 3.05) is 35.6 Å². The van der Waals surface area contributed by atoms with Gasteiger partial charge in [0.25, 0.3) is 0 Å². The number of pyridine rings is 1. The van der Waals surface area contributed by atoms with Gasteiger partial charge in [0.05, 0.1) is 6.54 Å². The zero-order valence-corrected chi connectivity index (χ0v) is 25.5. The quantitative estimate of drug-likeness (QED) is 0.172. The molecule has 11 nitrogen and oxygen atoms in total. The molecule has 11 heteroatoms. The molecule has 43 heavy (non-hydrogen) atoms. The van der Waals surface area contributed by atoms with E-state index in [0.717, 1.165) is 54.9 Å². The van der Waals surface area contributed by atoms with Crippen LogP contribution in [-0.2, 0) is 35.4 Å². The minimum Gasteiger partial charge on any atom is -0.479 e. The molecule has 5 N–H and O–H groups in total. The Balaban J connectivity index is 1.40. The highest BCUT2D eigenvalue weighted by molar-refractivity contribution is 5.86. The van der Waals surface area contributed by atoms with Crippen LogP contribution in [0.4, 0.5) is 22.2 Å². The van der Waals surface area contributed by atoms with Crippen molar-refractivity contribution in [1.82, 2.24) is 20.3 Å². The monoisotopic (exact) mass is 589 g/mol. The molecule has 0 saturated carbocycles. The maximum Gasteiger partial charge on any atom is 0.408 e. The van der Waals surface area contributed by atoms with Crippen LogP contribution in [0, 0.1) is 5.41 Å². The van der Waals surface area contributed by atoms with Crippen LogP contribution < -0.4 is 21.3 Å². The number of amides is 1. The third kappa shape index (κ3) is 7.91. The van der Waals surface area contributed by atoms with E-state index in [1.165, 1.54) is 11.9 Å². The first-order valence-electron chi connectivity index (χ1n) is 14.9. The number of aliphatic carboxylic acids is 1. The predicted molar refractivity (Wildman–Crippen MR) is 167 cm³/mol. The Labute approximate surface area is 253 Å². The molecule has 4 rings (SSSR count). The summed E-state index contributed by atoms with van der Waals surface area (Å²) in [5.74, 6) is 1.02. The first-order valence-corrected chi connectivity index (χ1v) is 14.9. The number of carbonyl (C=O) groups excluding carboxylic acids is 1. The number of hydrogen-bond donors (Lipinski definition) is 5. The van der Waals surface area contributed by atoms with Gasteiger partial charge in [-0.25, -0.2) is 24.5 Å². The molecule has 230 valence electrons. The number of ether oxygens (including phenoxy) is 1. The van der Waals surface area contributed by atoms with Crippen molar-refractivity contribution in [3.63, 3.8) is 0 Å². The molecule has 1 aliphatic heterocycles. The number of anilines is 3. The first-order chi connectivity index (χ1) is 20.6. The lowest BCUT2D eigenvalue weighted by Gasteiger charge is -2.41. The SMILES string of the molecule is CCc1c(NCCCc2ccc3c(n2)NCCC3)ncnc1NCC(NC(=O)OCc1ccccc1)(C(=O)O)C(C)(C)C. The fourth-order valence-corrected chi connectivity index (χ4v) is 5.13. The highest BCUT2D eigenvalue weighted by Crippen LogP contribution is 2.32. The van der Waals surface area contributed by atoms with Gasteiger partial charge in [0.1, 0.15) is 30.4 Å². The molecule has 0 fully saturated rings. The number of fused-ring (bicyclic) bond motifs is 1. The van der Waals surface area contributed by atoms with Crippen LogP contribution in [0.15, 0.2) is 48.8 Å². The van der Waals surface area contributed by atoms with Crippen molar-refractivity contribution in [2.45, 2.75) is 71.9 Å². The third-order valence-corrected chi connectivity index (χ3v) is 7.85. The van der Waals surface area contributed by atoms with Gasteiger partial charge in [-0.1, -0.05) is 64.1 Å². The molecule has 2 aromatic heterocycles. The van der Waals surface area contributed by atoms with Crippen molar-refractivity contribution in [2.24, 2.45) is 5.41 Å². The van der Waals surface area contributed by atoms with Gasteiger partial charge in [0.2, 0.25) is 0 Å². The standard InChI is InChI=1S/C32H43N7O4/c1-5-25-27(34-18-10-14-24-16-15-23-13-9-17-33-26(23)38-24)36-21-37-28(25)35-20-32(29(40)41,31(2,3)4)39-30(42)43-19-22-11-7-6-8-12-22/h6-8,11-12,15-16,21H,5,9-10,13-14,17-20H2,1-4H3,(H,33,38)(H,39,42)(H,40,41)(H2,34,35,36,37). The zero-order valence-electron chi connectivity index (χ0n) is 25.5. The normalized spacial score (nSPS) is 14.0. The van der Waals surface area contributed by atoms with E-state index < -0.39 is 23.0 Å². The summed E-state index contributed by atoms with van der Waals surface area (Å²) < 4.78 is 5.37. The van der Waals surface area contributed by atoms with Crippen molar-refractivity contribution in [3.8, 4) is 0 Å². The molecular formula is C32H43N7O4. The lowest BCUT2D eigenvalue weighted by Crippen LogP contribution is -2.66. The van der Waals surface area contributed by atoms with Gasteiger partial charge in [0.15, 0.2) is 5.54 Å². The summed E-state index contributed by atoms with van der Waals surface area (Å²) in [6, 6.07) is 13.5. The summed E-state index contributed by atoms with van der Waals surface area (Å²) in [6.07, 6.45) is 5.15. The Bertz CT molecular complexity index is 1390. The van der Waals surface area contributed by atoms with Crippen LogP contribution in [-0.4, -0.2) is 57.3 Å². The summed E-state index contributed by atoms with van der Waals surface area (Å²) in [5, 5.41) is 23.0. The fourth-order valence-electron chi connectivity index (χ4n) is 5.13. The number of aryl methyl sites for hydroxylation is 2. The molecular weight excluding hydrogens is 546 g/mol. The number of carbonyl (C=O) groups is 2. The highest BCUT2D eigenvalue weighted by atomic mass is 16.5. The molecule has 1 amide bonds. The van der Waals surface area contributed by atoms with Gasteiger partial charge in [-0.15, -0.1) is 0 Å². The number of aromatic nitrogens is 3. The van der Waals surface area contributed by atoms with E-state index in [0.29, 0.717) is 24.6 Å². The second kappa shape index (κ2) is 14.2. The maximum atomic E-state index is 12.8. The molecule has 0 spiro atoms. The molecule has 1 atom stereocenters. The molecule has 0 aliphatic carbocycles. The van der Waals surface area contributed by atoms with Crippen LogP contribution in [0.25, 0.3) is 0 Å². The molecule has 0 saturated heterocycles. The van der Waals surface area contributed by atoms with Crippen molar-refractivity contribution in [3.05, 3.63) is 71.2 Å². The van der Waals surface area contributed by atoms with Crippen molar-refractivity contribution in [1.29, 1.82) is 0 Å². The maximum absolute atomic E-state index is 12.8. The molecule has 1 unspecified atom stereocenters. The first kappa shape index (κ1) is 31.5. The molecule has 1 aromatic carbocycles. The Kier molecular flexibility index (Phi) is 10.4. The minimum absolute atomic E-state index is 0.0281. The lowest BCUT2D eigenvalue weighted by atomic mass is 9.73. The number of nitrogens with one attached hydrogen (secondary N) is 4. The minimum atomic E-state index is -1.69. The van der Waals surface area contributed by atoms with E-state index in [2.05, 4.69) is 43.4 Å². The van der Waals surface area contributed by atoms with Crippen LogP contribution in [0.3, 0.4) is 0 Å². The lowest BCUT2D eigenvalue weighted by molar-refractivity contribution is -0.148. The molecule has 1 aliphatic rings. The van der Waals surface area contributed by atoms with Crippen LogP contribution >= 0.6 is 0 Å². The molecule has 0 bridgehead atoms. The smallest absolute Gasteiger partial charge is 0.408 e. The van der Waals surface area contributed by atoms with Crippen molar-refractivity contribution < 1.29 is 19.4 Å². The Morgan fingerprint density at radius 2 is 1.79 bits per heavy atom. The van der Waals surface area contributed by atoms with Crippen molar-refractivity contribution >= 4 is 29.5 Å². The second-order valence-corrected chi connectivity index (χ2v) is 11.8. The van der Waals surface area contributed by atoms with Gasteiger partial charge in [0, 0.05) is 24.3 Å². The second-order valence-electron chi connectivity index (χ2n) is 11.8. The number of benzene rings is 1. The summed E-state index contributed by atoms with van der Waals surface area (Å²) in [5.41, 5.74) is 1.40. The van der Waals surface area contributed by atoms with Crippen LogP contribution in [0.5, 0.6) is 0 Å². The van der Waals surface area contributed by atoms with Crippen LogP contribution in [0.2, 0.25) is 0 Å². The topological polar surface area (TPSA) is 150 Å². The number of rotatable bonds is 13. The molecule has 3 heterocycles. The predicted octanol–water partition coefficient (Wildman–Crippen LogP) is 5.04. The van der Waals surface area contributed by atoms with Gasteiger partial charge in [-0.2, -0.15) is 0 Å². The van der Waals surface area contributed by atoms with Crippen LogP contribution in [0.1, 0.15) is 62.9 Å². The van der Waals surface area contributed by atoms with E-state index in [4.69, 9.17) is 9.72 Å². The zero-order chi connectivity index (χ0) is 30.9. The summed E-state index contributed by atoms with van der Waals surface area (Å²) >= 11 is 0. The number of hydrogen-bond acceptors (Lipinski definition) is 9. The number of carboxylic acid groups (broad SMARTS) is 1. The Morgan fingerprint density at radius 3 is 2.49 bits per heavy atom. The van der Waals surface area contributed by atoms with E-state index in [9.17, 15) is 14.7 Å². The largest absolute Gasteiger partial charge is 0.479 e. The Morgan fingerprint density at radius 1 is 1.05 bits per heavy atom. The summed E-state index contributed by atoms with van der Waals surface area (Å²) in [7, 11) is 0.